The fourth-order valence-electron chi connectivity index (χ4n) is 5.48. The van der Waals surface area contributed by atoms with Crippen LogP contribution in [0.2, 0.25) is 0 Å². The highest BCUT2D eigenvalue weighted by atomic mass is 16.5. The quantitative estimate of drug-likeness (QED) is 0.367. The number of oxime groups is 1. The van der Waals surface area contributed by atoms with Crippen LogP contribution >= 0.6 is 0 Å². The van der Waals surface area contributed by atoms with Gasteiger partial charge in [0.05, 0.1) is 0 Å². The molecule has 2 saturated carbocycles. The SMILES string of the molecule is CC(=O)Oc1ccc2c(c1)CC[C@@H]1[C@@H]2CC[C@]2(C)C(=O)/C(=N\O)C[C@@H]12. The molecular formula is C20H23NO4. The lowest BCUT2D eigenvalue weighted by molar-refractivity contribution is -0.131. The minimum atomic E-state index is -0.377. The molecule has 5 nitrogen and oxygen atoms in total. The zero-order chi connectivity index (χ0) is 17.8. The number of carbonyl (C=O) groups is 2. The van der Waals surface area contributed by atoms with Crippen molar-refractivity contribution in [2.45, 2.75) is 51.9 Å². The molecule has 0 bridgehead atoms. The van der Waals surface area contributed by atoms with Crippen LogP contribution in [0.3, 0.4) is 0 Å². The number of esters is 1. The molecule has 4 rings (SSSR count). The number of carbonyl (C=O) groups excluding carboxylic acids is 2. The summed E-state index contributed by atoms with van der Waals surface area (Å²) in [7, 11) is 0. The number of ketones is 1. The van der Waals surface area contributed by atoms with E-state index >= 15 is 0 Å². The summed E-state index contributed by atoms with van der Waals surface area (Å²) in [6.45, 7) is 3.46. The first-order chi connectivity index (χ1) is 11.9. The van der Waals surface area contributed by atoms with Gasteiger partial charge in [-0.15, -0.1) is 0 Å². The van der Waals surface area contributed by atoms with E-state index in [9.17, 15) is 14.8 Å². The minimum absolute atomic E-state index is 0.0365. The number of ether oxygens (including phenoxy) is 1. The third-order valence-electron chi connectivity index (χ3n) is 6.66. The van der Waals surface area contributed by atoms with Crippen molar-refractivity contribution in [3.8, 4) is 5.75 Å². The van der Waals surface area contributed by atoms with Crippen molar-refractivity contribution in [3.63, 3.8) is 0 Å². The lowest BCUT2D eigenvalue weighted by Gasteiger charge is -2.47. The van der Waals surface area contributed by atoms with E-state index in [1.54, 1.807) is 0 Å². The van der Waals surface area contributed by atoms with Gasteiger partial charge in [0, 0.05) is 18.8 Å². The molecule has 0 amide bonds. The van der Waals surface area contributed by atoms with Crippen LogP contribution in [-0.2, 0) is 16.0 Å². The summed E-state index contributed by atoms with van der Waals surface area (Å²) in [5.74, 6) is 1.46. The second-order valence-corrected chi connectivity index (χ2v) is 7.91. The molecule has 5 heteroatoms. The van der Waals surface area contributed by atoms with Gasteiger partial charge in [-0.05, 0) is 66.7 Å². The number of rotatable bonds is 1. The van der Waals surface area contributed by atoms with Gasteiger partial charge in [-0.25, -0.2) is 0 Å². The van der Waals surface area contributed by atoms with E-state index in [1.807, 2.05) is 19.1 Å². The van der Waals surface area contributed by atoms with Gasteiger partial charge in [0.2, 0.25) is 0 Å². The molecule has 1 aromatic carbocycles. The second-order valence-electron chi connectivity index (χ2n) is 7.91. The van der Waals surface area contributed by atoms with Gasteiger partial charge in [0.25, 0.3) is 0 Å². The molecule has 4 atom stereocenters. The average Bonchev–Trinajstić information content (AvgIpc) is 2.85. The summed E-state index contributed by atoms with van der Waals surface area (Å²) in [5, 5.41) is 12.5. The lowest BCUT2D eigenvalue weighted by atomic mass is 9.55. The molecule has 3 aliphatic carbocycles. The van der Waals surface area contributed by atoms with Crippen LogP contribution in [0, 0.1) is 17.3 Å². The number of fused-ring (bicyclic) bond motifs is 5. The number of benzene rings is 1. The van der Waals surface area contributed by atoms with E-state index in [-0.39, 0.29) is 23.1 Å². The normalized spacial score (nSPS) is 35.0. The fourth-order valence-corrected chi connectivity index (χ4v) is 5.48. The van der Waals surface area contributed by atoms with Crippen LogP contribution in [-0.4, -0.2) is 22.7 Å². The van der Waals surface area contributed by atoms with Gasteiger partial charge in [-0.2, -0.15) is 0 Å². The largest absolute Gasteiger partial charge is 0.427 e. The Hall–Kier alpha value is -2.17. The molecule has 0 unspecified atom stereocenters. The van der Waals surface area contributed by atoms with Crippen LogP contribution in [0.1, 0.15) is 56.6 Å². The van der Waals surface area contributed by atoms with Crippen LogP contribution in [0.4, 0.5) is 0 Å². The van der Waals surface area contributed by atoms with Gasteiger partial charge >= 0.3 is 5.97 Å². The van der Waals surface area contributed by atoms with Gasteiger partial charge in [0.1, 0.15) is 11.5 Å². The maximum absolute atomic E-state index is 12.6. The minimum Gasteiger partial charge on any atom is -0.427 e. The lowest BCUT2D eigenvalue weighted by Crippen LogP contribution is -2.42. The summed E-state index contributed by atoms with van der Waals surface area (Å²) in [6.07, 6.45) is 4.35. The molecule has 0 aromatic heterocycles. The summed E-state index contributed by atoms with van der Waals surface area (Å²) in [4.78, 5) is 23.8. The molecule has 25 heavy (non-hydrogen) atoms. The Morgan fingerprint density at radius 2 is 2.16 bits per heavy atom. The molecular weight excluding hydrogens is 318 g/mol. The highest BCUT2D eigenvalue weighted by molar-refractivity contribution is 6.43. The summed E-state index contributed by atoms with van der Waals surface area (Å²) in [5.41, 5.74) is 2.56. The number of hydrogen-bond donors (Lipinski definition) is 1. The van der Waals surface area contributed by atoms with Crippen molar-refractivity contribution in [3.05, 3.63) is 29.3 Å². The third kappa shape index (κ3) is 2.40. The van der Waals surface area contributed by atoms with Gasteiger partial charge in [-0.1, -0.05) is 18.1 Å². The van der Waals surface area contributed by atoms with Crippen LogP contribution in [0.15, 0.2) is 23.4 Å². The van der Waals surface area contributed by atoms with Crippen molar-refractivity contribution in [1.82, 2.24) is 0 Å². The molecule has 1 N–H and O–H groups in total. The number of Topliss-reactive ketones (excluding diaryl/α,β-unsaturated/α-hetero) is 1. The predicted molar refractivity (Wildman–Crippen MR) is 92.0 cm³/mol. The fraction of sp³-hybridized carbons (Fsp3) is 0.550. The van der Waals surface area contributed by atoms with E-state index in [2.05, 4.69) is 11.2 Å². The molecule has 0 heterocycles. The van der Waals surface area contributed by atoms with E-state index in [0.29, 0.717) is 29.7 Å². The van der Waals surface area contributed by atoms with E-state index in [1.165, 1.54) is 18.1 Å². The Morgan fingerprint density at radius 1 is 1.36 bits per heavy atom. The zero-order valence-electron chi connectivity index (χ0n) is 14.6. The van der Waals surface area contributed by atoms with Crippen molar-refractivity contribution >= 4 is 17.5 Å². The molecule has 0 radical (unpaired) electrons. The second kappa shape index (κ2) is 5.68. The highest BCUT2D eigenvalue weighted by Gasteiger charge is 2.57. The smallest absolute Gasteiger partial charge is 0.308 e. The number of hydrogen-bond acceptors (Lipinski definition) is 5. The Bertz CT molecular complexity index is 784. The first kappa shape index (κ1) is 16.3. The van der Waals surface area contributed by atoms with Gasteiger partial charge in [-0.3, -0.25) is 9.59 Å². The first-order valence-electron chi connectivity index (χ1n) is 9.01. The number of aryl methyl sites for hydroxylation is 1. The topological polar surface area (TPSA) is 76.0 Å². The van der Waals surface area contributed by atoms with Crippen molar-refractivity contribution in [2.75, 3.05) is 0 Å². The Kier molecular flexibility index (Phi) is 3.71. The number of nitrogens with zero attached hydrogens (tertiary/aromatic N) is 1. The van der Waals surface area contributed by atoms with Gasteiger partial charge in [0.15, 0.2) is 5.78 Å². The standard InChI is InChI=1S/C20H23NO4/c1-11(22)25-13-4-6-14-12(9-13)3-5-16-15(14)7-8-20(2)17(16)10-18(21-24)19(20)23/h4,6,9,15-17,24H,3,5,7-8,10H2,1-2H3/b21-18-/t15-,16-,17+,20+/m1/s1. The molecule has 1 aromatic rings. The first-order valence-corrected chi connectivity index (χ1v) is 9.01. The van der Waals surface area contributed by atoms with Crippen LogP contribution in [0.25, 0.3) is 0 Å². The zero-order valence-corrected chi connectivity index (χ0v) is 14.6. The van der Waals surface area contributed by atoms with E-state index in [4.69, 9.17) is 4.74 Å². The monoisotopic (exact) mass is 341 g/mol. The Labute approximate surface area is 147 Å². The van der Waals surface area contributed by atoms with E-state index in [0.717, 1.165) is 25.7 Å². The van der Waals surface area contributed by atoms with Crippen LogP contribution < -0.4 is 4.74 Å². The predicted octanol–water partition coefficient (Wildman–Crippen LogP) is 3.48. The van der Waals surface area contributed by atoms with Crippen molar-refractivity contribution in [2.24, 2.45) is 22.4 Å². The van der Waals surface area contributed by atoms with Crippen molar-refractivity contribution in [1.29, 1.82) is 0 Å². The molecule has 0 aliphatic heterocycles. The molecule has 2 fully saturated rings. The summed E-state index contributed by atoms with van der Waals surface area (Å²) >= 11 is 0. The third-order valence-corrected chi connectivity index (χ3v) is 6.66. The van der Waals surface area contributed by atoms with Crippen molar-refractivity contribution < 1.29 is 19.5 Å². The highest BCUT2D eigenvalue weighted by Crippen LogP contribution is 2.59. The van der Waals surface area contributed by atoms with E-state index < -0.39 is 0 Å². The van der Waals surface area contributed by atoms with Gasteiger partial charge < -0.3 is 9.94 Å². The molecule has 0 spiro atoms. The average molecular weight is 341 g/mol. The molecule has 3 aliphatic rings. The van der Waals surface area contributed by atoms with Crippen LogP contribution in [0.5, 0.6) is 5.75 Å². The Morgan fingerprint density at radius 3 is 2.88 bits per heavy atom. The Balaban J connectivity index is 1.66. The molecule has 0 saturated heterocycles. The summed E-state index contributed by atoms with van der Waals surface area (Å²) in [6, 6.07) is 5.95. The maximum atomic E-state index is 12.6. The maximum Gasteiger partial charge on any atom is 0.308 e. The summed E-state index contributed by atoms with van der Waals surface area (Å²) < 4.78 is 5.22. The molecule has 132 valence electrons.